The van der Waals surface area contributed by atoms with Crippen LogP contribution in [0, 0.1) is 12.3 Å². The van der Waals surface area contributed by atoms with Gasteiger partial charge in [-0.1, -0.05) is 39.0 Å². The summed E-state index contributed by atoms with van der Waals surface area (Å²) in [5, 5.41) is 11.8. The highest BCUT2D eigenvalue weighted by Gasteiger charge is 2.16. The monoisotopic (exact) mass is 266 g/mol. The molecule has 1 rings (SSSR count). The lowest BCUT2D eigenvalue weighted by molar-refractivity contribution is 0.279. The van der Waals surface area contributed by atoms with Crippen molar-refractivity contribution in [1.29, 1.82) is 5.41 Å². The number of ether oxygens (including phenoxy) is 1. The van der Waals surface area contributed by atoms with E-state index in [0.29, 0.717) is 18.1 Å². The largest absolute Gasteiger partial charge is 0.477 e. The van der Waals surface area contributed by atoms with Crippen molar-refractivity contribution in [3.8, 4) is 5.88 Å². The van der Waals surface area contributed by atoms with Crippen molar-refractivity contribution in [2.45, 2.75) is 52.4 Å². The minimum absolute atomic E-state index is 0.0172. The van der Waals surface area contributed by atoms with E-state index in [-0.39, 0.29) is 5.84 Å². The van der Waals surface area contributed by atoms with Crippen molar-refractivity contribution < 1.29 is 4.74 Å². The van der Waals surface area contributed by atoms with Gasteiger partial charge < -0.3 is 10.5 Å². The van der Waals surface area contributed by atoms with E-state index >= 15 is 0 Å². The molecule has 0 aliphatic rings. The summed E-state index contributed by atoms with van der Waals surface area (Å²) in [5.74, 6) is 0.627. The Balaban J connectivity index is 2.39. The van der Waals surface area contributed by atoms with E-state index in [1.807, 2.05) is 14.0 Å². The lowest BCUT2D eigenvalue weighted by Gasteiger charge is -2.08. The Morgan fingerprint density at radius 1 is 1.26 bits per heavy atom. The third kappa shape index (κ3) is 4.58. The van der Waals surface area contributed by atoms with Crippen LogP contribution >= 0.6 is 0 Å². The van der Waals surface area contributed by atoms with Crippen LogP contribution in [0.25, 0.3) is 0 Å². The van der Waals surface area contributed by atoms with E-state index < -0.39 is 0 Å². The molecule has 0 amide bonds. The van der Waals surface area contributed by atoms with Crippen LogP contribution in [0.3, 0.4) is 0 Å². The highest BCUT2D eigenvalue weighted by molar-refractivity contribution is 5.98. The molecule has 5 heteroatoms. The Labute approximate surface area is 115 Å². The van der Waals surface area contributed by atoms with Crippen LogP contribution in [0.5, 0.6) is 5.88 Å². The number of nitrogen functional groups attached to an aromatic ring is 1. The Hall–Kier alpha value is -1.52. The smallest absolute Gasteiger partial charge is 0.223 e. The van der Waals surface area contributed by atoms with Crippen LogP contribution in [0.15, 0.2) is 0 Å². The molecule has 0 saturated heterocycles. The van der Waals surface area contributed by atoms with Crippen LogP contribution in [-0.4, -0.2) is 22.2 Å². The number of nitrogens with two attached hydrogens (primary N) is 1. The summed E-state index contributed by atoms with van der Waals surface area (Å²) in [6, 6.07) is 0. The van der Waals surface area contributed by atoms with Crippen molar-refractivity contribution in [2.24, 2.45) is 12.8 Å². The maximum atomic E-state index is 7.57. The fraction of sp³-hybridized carbons (Fsp3) is 0.714. The van der Waals surface area contributed by atoms with Gasteiger partial charge >= 0.3 is 0 Å². The number of rotatable bonds is 9. The predicted molar refractivity (Wildman–Crippen MR) is 77.8 cm³/mol. The Kier molecular flexibility index (Phi) is 6.39. The van der Waals surface area contributed by atoms with E-state index in [1.165, 1.54) is 32.1 Å². The molecule has 0 fully saturated rings. The van der Waals surface area contributed by atoms with Crippen LogP contribution in [0.1, 0.15) is 56.7 Å². The lowest BCUT2D eigenvalue weighted by Crippen LogP contribution is -2.14. The number of aromatic nitrogens is 2. The first-order chi connectivity index (χ1) is 9.07. The fourth-order valence-corrected chi connectivity index (χ4v) is 2.16. The molecule has 0 aromatic carbocycles. The molecule has 19 heavy (non-hydrogen) atoms. The molecular formula is C14H26N4O. The van der Waals surface area contributed by atoms with Crippen molar-refractivity contribution >= 4 is 5.84 Å². The Morgan fingerprint density at radius 2 is 1.89 bits per heavy atom. The second-order valence-electron chi connectivity index (χ2n) is 4.92. The lowest BCUT2D eigenvalue weighted by atomic mass is 10.1. The maximum absolute atomic E-state index is 7.57. The van der Waals surface area contributed by atoms with Crippen molar-refractivity contribution in [1.82, 2.24) is 9.78 Å². The number of nitrogens with zero attached hydrogens (tertiary/aromatic N) is 2. The van der Waals surface area contributed by atoms with Gasteiger partial charge in [-0.3, -0.25) is 5.41 Å². The van der Waals surface area contributed by atoms with Gasteiger partial charge in [0, 0.05) is 7.05 Å². The molecule has 0 saturated carbocycles. The van der Waals surface area contributed by atoms with Gasteiger partial charge in [-0.2, -0.15) is 5.10 Å². The SMILES string of the molecule is CCCCCCCCOc1c(C(=N)N)c(C)nn1C. The van der Waals surface area contributed by atoms with Gasteiger partial charge in [0.15, 0.2) is 0 Å². The molecule has 0 spiro atoms. The summed E-state index contributed by atoms with van der Waals surface area (Å²) in [4.78, 5) is 0. The molecule has 0 aliphatic carbocycles. The first-order valence-corrected chi connectivity index (χ1v) is 7.08. The summed E-state index contributed by atoms with van der Waals surface area (Å²) in [7, 11) is 1.82. The molecule has 0 atom stereocenters. The third-order valence-corrected chi connectivity index (χ3v) is 3.18. The zero-order valence-corrected chi connectivity index (χ0v) is 12.3. The van der Waals surface area contributed by atoms with Gasteiger partial charge in [-0.15, -0.1) is 0 Å². The zero-order chi connectivity index (χ0) is 14.3. The molecule has 3 N–H and O–H groups in total. The average molecular weight is 266 g/mol. The van der Waals surface area contributed by atoms with Gasteiger partial charge in [0.2, 0.25) is 5.88 Å². The molecule has 0 unspecified atom stereocenters. The molecule has 108 valence electrons. The molecule has 0 bridgehead atoms. The summed E-state index contributed by atoms with van der Waals surface area (Å²) in [6.07, 6.45) is 7.38. The van der Waals surface area contributed by atoms with E-state index in [9.17, 15) is 0 Å². The first kappa shape index (κ1) is 15.5. The molecule has 0 aliphatic heterocycles. The van der Waals surface area contributed by atoms with Gasteiger partial charge in [-0.05, 0) is 13.3 Å². The second kappa shape index (κ2) is 7.81. The summed E-state index contributed by atoms with van der Waals surface area (Å²) in [6.45, 7) is 4.72. The van der Waals surface area contributed by atoms with Gasteiger partial charge in [0.05, 0.1) is 12.3 Å². The number of unbranched alkanes of at least 4 members (excludes halogenated alkanes) is 5. The Morgan fingerprint density at radius 3 is 2.53 bits per heavy atom. The van der Waals surface area contributed by atoms with Crippen molar-refractivity contribution in [3.63, 3.8) is 0 Å². The molecule has 1 heterocycles. The van der Waals surface area contributed by atoms with E-state index in [1.54, 1.807) is 4.68 Å². The number of aryl methyl sites for hydroxylation is 2. The number of hydrogen-bond donors (Lipinski definition) is 2. The van der Waals surface area contributed by atoms with Crippen molar-refractivity contribution in [3.05, 3.63) is 11.3 Å². The highest BCUT2D eigenvalue weighted by Crippen LogP contribution is 2.21. The van der Waals surface area contributed by atoms with Gasteiger partial charge in [0.1, 0.15) is 11.4 Å². The topological polar surface area (TPSA) is 76.9 Å². The fourth-order valence-electron chi connectivity index (χ4n) is 2.16. The standard InChI is InChI=1S/C14H26N4O/c1-4-5-6-7-8-9-10-19-14-12(13(15)16)11(2)17-18(14)3/h4-10H2,1-3H3,(H3,15,16). The summed E-state index contributed by atoms with van der Waals surface area (Å²) in [5.41, 5.74) is 6.93. The minimum Gasteiger partial charge on any atom is -0.477 e. The molecule has 5 nitrogen and oxygen atoms in total. The Bertz CT molecular complexity index is 412. The van der Waals surface area contributed by atoms with Crippen LogP contribution in [0.4, 0.5) is 0 Å². The van der Waals surface area contributed by atoms with E-state index in [2.05, 4.69) is 12.0 Å². The van der Waals surface area contributed by atoms with Crippen molar-refractivity contribution in [2.75, 3.05) is 6.61 Å². The van der Waals surface area contributed by atoms with Crippen LogP contribution in [0.2, 0.25) is 0 Å². The highest BCUT2D eigenvalue weighted by atomic mass is 16.5. The number of nitrogens with one attached hydrogen (secondary N) is 1. The van der Waals surface area contributed by atoms with Crippen LogP contribution < -0.4 is 10.5 Å². The maximum Gasteiger partial charge on any atom is 0.223 e. The predicted octanol–water partition coefficient (Wildman–Crippen LogP) is 2.75. The molecule has 0 radical (unpaired) electrons. The zero-order valence-electron chi connectivity index (χ0n) is 12.3. The second-order valence-corrected chi connectivity index (χ2v) is 4.92. The minimum atomic E-state index is 0.0172. The molecule has 1 aromatic heterocycles. The third-order valence-electron chi connectivity index (χ3n) is 3.18. The number of amidine groups is 1. The molecular weight excluding hydrogens is 240 g/mol. The van der Waals surface area contributed by atoms with Crippen LogP contribution in [-0.2, 0) is 7.05 Å². The van der Waals surface area contributed by atoms with Gasteiger partial charge in [0.25, 0.3) is 0 Å². The van der Waals surface area contributed by atoms with E-state index in [4.69, 9.17) is 15.9 Å². The van der Waals surface area contributed by atoms with Gasteiger partial charge in [-0.25, -0.2) is 4.68 Å². The number of hydrogen-bond acceptors (Lipinski definition) is 3. The average Bonchev–Trinajstić information content (AvgIpc) is 2.63. The normalized spacial score (nSPS) is 10.7. The summed E-state index contributed by atoms with van der Waals surface area (Å²) >= 11 is 0. The first-order valence-electron chi connectivity index (χ1n) is 7.08. The molecule has 1 aromatic rings. The van der Waals surface area contributed by atoms with E-state index in [0.717, 1.165) is 12.1 Å². The quantitative estimate of drug-likeness (QED) is 0.410. The summed E-state index contributed by atoms with van der Waals surface area (Å²) < 4.78 is 7.39.